The number of nitrogens with one attached hydrogen (secondary N) is 2. The van der Waals surface area contributed by atoms with Crippen molar-refractivity contribution >= 4 is 44.9 Å². The van der Waals surface area contributed by atoms with Crippen LogP contribution >= 0.6 is 23.2 Å². The van der Waals surface area contributed by atoms with Crippen LogP contribution in [-0.4, -0.2) is 50.8 Å². The van der Waals surface area contributed by atoms with Gasteiger partial charge in [0.1, 0.15) is 0 Å². The Balaban J connectivity index is 1.55. The number of benzene rings is 3. The highest BCUT2D eigenvalue weighted by Crippen LogP contribution is 2.30. The molecule has 1 saturated heterocycles. The first-order valence-corrected chi connectivity index (χ1v) is 14.3. The molecule has 3 aromatic rings. The standard InChI is InChI=1S/C27H27Cl2N5O2S/c28-21-8-6-20(7-9-21)26-25(19-4-2-1-3-5-19)18-34(32-26)27(31-23-14-16-30-17-15-23)33-37(35,36)24-12-10-22(29)11-13-24/h1-13,23,25,30H,14-18H2,(H,31,33). The van der Waals surface area contributed by atoms with Crippen molar-refractivity contribution in [3.05, 3.63) is 100 Å². The second-order valence-corrected chi connectivity index (χ2v) is 11.5. The SMILES string of the molecule is O=S(=O)(/N=C(/NC1CCNCC1)N1CC(c2ccccc2)C(c2ccc(Cl)cc2)=N1)c1ccc(Cl)cc1. The summed E-state index contributed by atoms with van der Waals surface area (Å²) in [6.07, 6.45) is 1.70. The highest BCUT2D eigenvalue weighted by molar-refractivity contribution is 7.90. The van der Waals surface area contributed by atoms with Crippen LogP contribution in [0.15, 0.2) is 93.3 Å². The Labute approximate surface area is 227 Å². The summed E-state index contributed by atoms with van der Waals surface area (Å²) in [5.41, 5.74) is 2.83. The van der Waals surface area contributed by atoms with Gasteiger partial charge in [-0.1, -0.05) is 65.7 Å². The molecule has 0 amide bonds. The molecular weight excluding hydrogens is 529 g/mol. The lowest BCUT2D eigenvalue weighted by Gasteiger charge is -2.28. The van der Waals surface area contributed by atoms with E-state index in [1.807, 2.05) is 42.5 Å². The van der Waals surface area contributed by atoms with E-state index in [0.29, 0.717) is 16.6 Å². The van der Waals surface area contributed by atoms with Gasteiger partial charge in [0.2, 0.25) is 5.96 Å². The van der Waals surface area contributed by atoms with Crippen molar-refractivity contribution < 1.29 is 8.42 Å². The average molecular weight is 557 g/mol. The highest BCUT2D eigenvalue weighted by Gasteiger charge is 2.33. The number of nitrogens with zero attached hydrogens (tertiary/aromatic N) is 3. The van der Waals surface area contributed by atoms with Gasteiger partial charge in [-0.3, -0.25) is 0 Å². The first-order valence-electron chi connectivity index (χ1n) is 12.1. The lowest BCUT2D eigenvalue weighted by molar-refractivity contribution is 0.393. The van der Waals surface area contributed by atoms with Crippen LogP contribution in [0.5, 0.6) is 0 Å². The molecule has 0 radical (unpaired) electrons. The van der Waals surface area contributed by atoms with E-state index in [2.05, 4.69) is 27.2 Å². The third-order valence-corrected chi connectivity index (χ3v) is 8.28. The molecule has 1 fully saturated rings. The van der Waals surface area contributed by atoms with E-state index in [1.165, 1.54) is 12.1 Å². The minimum absolute atomic E-state index is 0.0715. The molecule has 2 N–H and O–H groups in total. The van der Waals surface area contributed by atoms with Crippen LogP contribution in [0.3, 0.4) is 0 Å². The van der Waals surface area contributed by atoms with Crippen molar-refractivity contribution in [2.45, 2.75) is 29.7 Å². The number of hydrogen-bond acceptors (Lipinski definition) is 4. The average Bonchev–Trinajstić information content (AvgIpc) is 3.36. The van der Waals surface area contributed by atoms with Gasteiger partial charge in [-0.05, 0) is 73.5 Å². The molecule has 0 aliphatic carbocycles. The predicted molar refractivity (Wildman–Crippen MR) is 149 cm³/mol. The molecule has 1 atom stereocenters. The third-order valence-electron chi connectivity index (χ3n) is 6.49. The van der Waals surface area contributed by atoms with Gasteiger partial charge in [-0.15, -0.1) is 4.40 Å². The van der Waals surface area contributed by atoms with E-state index in [-0.39, 0.29) is 22.8 Å². The Hall–Kier alpha value is -2.91. The minimum atomic E-state index is -4.01. The first-order chi connectivity index (χ1) is 17.9. The van der Waals surface area contributed by atoms with Crippen molar-refractivity contribution in [1.82, 2.24) is 15.6 Å². The van der Waals surface area contributed by atoms with Gasteiger partial charge in [0.25, 0.3) is 10.0 Å². The zero-order chi connectivity index (χ0) is 25.8. The summed E-state index contributed by atoms with van der Waals surface area (Å²) in [5, 5.41) is 14.4. The molecule has 2 aliphatic rings. The zero-order valence-corrected chi connectivity index (χ0v) is 22.3. The maximum Gasteiger partial charge on any atom is 0.285 e. The molecule has 3 aromatic carbocycles. The second-order valence-electron chi connectivity index (χ2n) is 9.05. The number of hydrogen-bond donors (Lipinski definition) is 2. The smallest absolute Gasteiger partial charge is 0.285 e. The predicted octanol–water partition coefficient (Wildman–Crippen LogP) is 4.88. The van der Waals surface area contributed by atoms with Crippen molar-refractivity contribution in [3.63, 3.8) is 0 Å². The van der Waals surface area contributed by atoms with E-state index in [0.717, 1.165) is 42.8 Å². The maximum absolute atomic E-state index is 13.3. The molecule has 5 rings (SSSR count). The summed E-state index contributed by atoms with van der Waals surface area (Å²) in [7, 11) is -4.01. The summed E-state index contributed by atoms with van der Waals surface area (Å²) in [4.78, 5) is 0.0715. The number of piperidine rings is 1. The Kier molecular flexibility index (Phi) is 7.81. The van der Waals surface area contributed by atoms with Crippen LogP contribution in [0.25, 0.3) is 0 Å². The number of guanidine groups is 1. The van der Waals surface area contributed by atoms with Gasteiger partial charge in [-0.2, -0.15) is 13.5 Å². The Morgan fingerprint density at radius 3 is 2.19 bits per heavy atom. The fraction of sp³-hybridized carbons (Fsp3) is 0.259. The summed E-state index contributed by atoms with van der Waals surface area (Å²) >= 11 is 12.1. The fourth-order valence-electron chi connectivity index (χ4n) is 4.53. The third kappa shape index (κ3) is 6.15. The molecule has 0 saturated carbocycles. The highest BCUT2D eigenvalue weighted by atomic mass is 35.5. The molecule has 2 aliphatic heterocycles. The van der Waals surface area contributed by atoms with Gasteiger partial charge in [-0.25, -0.2) is 5.01 Å². The molecule has 1 unspecified atom stereocenters. The number of hydrazone groups is 1. The fourth-order valence-corrected chi connectivity index (χ4v) is 5.74. The van der Waals surface area contributed by atoms with Gasteiger partial charge in [0.15, 0.2) is 0 Å². The topological polar surface area (TPSA) is 86.2 Å². The van der Waals surface area contributed by atoms with Gasteiger partial charge < -0.3 is 10.6 Å². The van der Waals surface area contributed by atoms with E-state index in [4.69, 9.17) is 28.3 Å². The number of sulfonamides is 1. The summed E-state index contributed by atoms with van der Waals surface area (Å²) in [6.45, 7) is 2.14. The number of halogens is 2. The van der Waals surface area contributed by atoms with Crippen LogP contribution in [-0.2, 0) is 10.0 Å². The monoisotopic (exact) mass is 555 g/mol. The van der Waals surface area contributed by atoms with Crippen LogP contribution < -0.4 is 10.6 Å². The van der Waals surface area contributed by atoms with Crippen LogP contribution in [0.2, 0.25) is 10.0 Å². The van der Waals surface area contributed by atoms with Gasteiger partial charge >= 0.3 is 0 Å². The molecule has 7 nitrogen and oxygen atoms in total. The van der Waals surface area contributed by atoms with Crippen LogP contribution in [0.4, 0.5) is 0 Å². The van der Waals surface area contributed by atoms with E-state index < -0.39 is 10.0 Å². The zero-order valence-electron chi connectivity index (χ0n) is 20.0. The Bertz CT molecular complexity index is 1390. The molecule has 2 heterocycles. The van der Waals surface area contributed by atoms with Crippen molar-refractivity contribution in [2.75, 3.05) is 19.6 Å². The molecule has 0 spiro atoms. The minimum Gasteiger partial charge on any atom is -0.351 e. The molecular formula is C27H27Cl2N5O2S. The quantitative estimate of drug-likeness (QED) is 0.346. The normalized spacial score (nSPS) is 19.1. The van der Waals surface area contributed by atoms with E-state index in [9.17, 15) is 8.42 Å². The molecule has 10 heteroatoms. The Morgan fingerprint density at radius 2 is 1.54 bits per heavy atom. The van der Waals surface area contributed by atoms with Gasteiger partial charge in [0.05, 0.1) is 17.2 Å². The van der Waals surface area contributed by atoms with Crippen LogP contribution in [0, 0.1) is 0 Å². The number of rotatable bonds is 5. The lowest BCUT2D eigenvalue weighted by atomic mass is 9.91. The molecule has 0 bridgehead atoms. The Morgan fingerprint density at radius 1 is 0.919 bits per heavy atom. The molecule has 37 heavy (non-hydrogen) atoms. The molecule has 0 aromatic heterocycles. The maximum atomic E-state index is 13.3. The summed E-state index contributed by atoms with van der Waals surface area (Å²) in [6, 6.07) is 23.7. The first kappa shape index (κ1) is 25.7. The van der Waals surface area contributed by atoms with E-state index in [1.54, 1.807) is 17.1 Å². The van der Waals surface area contributed by atoms with Crippen molar-refractivity contribution in [2.24, 2.45) is 9.50 Å². The second kappa shape index (κ2) is 11.2. The van der Waals surface area contributed by atoms with Gasteiger partial charge in [0, 0.05) is 22.0 Å². The van der Waals surface area contributed by atoms with E-state index >= 15 is 0 Å². The van der Waals surface area contributed by atoms with Crippen LogP contribution in [0.1, 0.15) is 29.9 Å². The summed E-state index contributed by atoms with van der Waals surface area (Å²) < 4.78 is 30.9. The lowest BCUT2D eigenvalue weighted by Crippen LogP contribution is -2.48. The largest absolute Gasteiger partial charge is 0.351 e. The van der Waals surface area contributed by atoms with Crippen molar-refractivity contribution in [1.29, 1.82) is 0 Å². The summed E-state index contributed by atoms with van der Waals surface area (Å²) in [5.74, 6) is 0.132. The van der Waals surface area contributed by atoms with Crippen molar-refractivity contribution in [3.8, 4) is 0 Å². The molecule has 192 valence electrons.